The van der Waals surface area contributed by atoms with Crippen LogP contribution in [-0.4, -0.2) is 6.54 Å². The van der Waals surface area contributed by atoms with Crippen molar-refractivity contribution in [3.05, 3.63) is 35.3 Å². The Morgan fingerprint density at radius 2 is 2.20 bits per heavy atom. The molecule has 0 aliphatic heterocycles. The van der Waals surface area contributed by atoms with Crippen molar-refractivity contribution in [2.75, 3.05) is 6.54 Å². The average Bonchev–Trinajstić information content (AvgIpc) is 2.69. The highest BCUT2D eigenvalue weighted by Gasteiger charge is 2.32. The summed E-state index contributed by atoms with van der Waals surface area (Å²) < 4.78 is 19.4. The summed E-state index contributed by atoms with van der Waals surface area (Å²) in [5.41, 5.74) is 1.88. The molecule has 1 fully saturated rings. The third-order valence-corrected chi connectivity index (χ3v) is 4.45. The van der Waals surface area contributed by atoms with E-state index in [0.29, 0.717) is 5.92 Å². The molecule has 1 aromatic heterocycles. The lowest BCUT2D eigenvalue weighted by Crippen LogP contribution is -2.32. The number of furan rings is 1. The van der Waals surface area contributed by atoms with Crippen molar-refractivity contribution in [3.63, 3.8) is 0 Å². The molecule has 1 unspecified atom stereocenters. The van der Waals surface area contributed by atoms with Gasteiger partial charge in [-0.25, -0.2) is 4.39 Å². The largest absolute Gasteiger partial charge is 0.459 e. The highest BCUT2D eigenvalue weighted by Crippen LogP contribution is 2.41. The number of benzene rings is 1. The third kappa shape index (κ3) is 2.35. The van der Waals surface area contributed by atoms with Gasteiger partial charge in [0, 0.05) is 10.9 Å². The Hall–Kier alpha value is -1.35. The number of hydrogen-bond acceptors (Lipinski definition) is 2. The number of fused-ring (bicyclic) bond motifs is 1. The summed E-state index contributed by atoms with van der Waals surface area (Å²) in [7, 11) is 0. The van der Waals surface area contributed by atoms with Gasteiger partial charge in [0.2, 0.25) is 0 Å². The van der Waals surface area contributed by atoms with Crippen LogP contribution < -0.4 is 5.32 Å². The minimum atomic E-state index is -0.199. The minimum Gasteiger partial charge on any atom is -0.459 e. The molecular weight excluding hydrogens is 253 g/mol. The fraction of sp³-hybridized carbons (Fsp3) is 0.529. The predicted molar refractivity (Wildman–Crippen MR) is 79.3 cm³/mol. The molecule has 1 aromatic carbocycles. The van der Waals surface area contributed by atoms with Gasteiger partial charge in [-0.2, -0.15) is 0 Å². The van der Waals surface area contributed by atoms with Gasteiger partial charge in [0.15, 0.2) is 0 Å². The lowest BCUT2D eigenvalue weighted by molar-refractivity contribution is 0.209. The van der Waals surface area contributed by atoms with Gasteiger partial charge < -0.3 is 9.73 Å². The van der Waals surface area contributed by atoms with Gasteiger partial charge in [0.05, 0.1) is 6.04 Å². The molecule has 0 spiro atoms. The quantitative estimate of drug-likeness (QED) is 0.854. The molecule has 0 radical (unpaired) electrons. The van der Waals surface area contributed by atoms with Crippen molar-refractivity contribution in [2.45, 2.75) is 45.6 Å². The van der Waals surface area contributed by atoms with Crippen LogP contribution >= 0.6 is 0 Å². The molecule has 0 amide bonds. The van der Waals surface area contributed by atoms with Crippen LogP contribution in [0.5, 0.6) is 0 Å². The van der Waals surface area contributed by atoms with Gasteiger partial charge in [-0.15, -0.1) is 0 Å². The molecule has 1 aliphatic rings. The van der Waals surface area contributed by atoms with Crippen LogP contribution in [0.15, 0.2) is 22.6 Å². The highest BCUT2D eigenvalue weighted by molar-refractivity contribution is 5.82. The maximum atomic E-state index is 13.4. The van der Waals surface area contributed by atoms with Crippen molar-refractivity contribution in [3.8, 4) is 0 Å². The second-order valence-corrected chi connectivity index (χ2v) is 5.85. The van der Waals surface area contributed by atoms with Crippen LogP contribution in [0.4, 0.5) is 4.39 Å². The minimum absolute atomic E-state index is 0.199. The van der Waals surface area contributed by atoms with Crippen molar-refractivity contribution >= 4 is 11.0 Å². The summed E-state index contributed by atoms with van der Waals surface area (Å²) in [6.07, 6.45) is 4.93. The molecule has 0 saturated heterocycles. The number of halogens is 1. The van der Waals surface area contributed by atoms with Crippen LogP contribution in [-0.2, 0) is 0 Å². The van der Waals surface area contributed by atoms with Gasteiger partial charge >= 0.3 is 0 Å². The zero-order chi connectivity index (χ0) is 14.1. The maximum Gasteiger partial charge on any atom is 0.134 e. The Labute approximate surface area is 119 Å². The number of hydrogen-bond donors (Lipinski definition) is 1. The summed E-state index contributed by atoms with van der Waals surface area (Å²) in [6, 6.07) is 5.06. The van der Waals surface area contributed by atoms with Gasteiger partial charge in [-0.3, -0.25) is 0 Å². The zero-order valence-electron chi connectivity index (χ0n) is 12.2. The van der Waals surface area contributed by atoms with E-state index in [1.807, 2.05) is 6.92 Å². The van der Waals surface area contributed by atoms with E-state index in [1.54, 1.807) is 12.1 Å². The first-order chi connectivity index (χ1) is 9.70. The number of aryl methyl sites for hydroxylation is 1. The molecular formula is C17H22FNO. The molecule has 1 N–H and O–H groups in total. The molecule has 20 heavy (non-hydrogen) atoms. The smallest absolute Gasteiger partial charge is 0.134 e. The summed E-state index contributed by atoms with van der Waals surface area (Å²) in [6.45, 7) is 5.21. The normalized spacial score (nSPS) is 17.4. The second-order valence-electron chi connectivity index (χ2n) is 5.85. The van der Waals surface area contributed by atoms with Crippen molar-refractivity contribution < 1.29 is 8.81 Å². The lowest BCUT2D eigenvalue weighted by atomic mass is 9.78. The first-order valence-electron chi connectivity index (χ1n) is 7.62. The van der Waals surface area contributed by atoms with E-state index in [2.05, 4.69) is 12.2 Å². The second kappa shape index (κ2) is 5.57. The zero-order valence-corrected chi connectivity index (χ0v) is 12.2. The summed E-state index contributed by atoms with van der Waals surface area (Å²) in [4.78, 5) is 0. The molecule has 1 aliphatic carbocycles. The van der Waals surface area contributed by atoms with Crippen LogP contribution in [0.1, 0.15) is 50.0 Å². The summed E-state index contributed by atoms with van der Waals surface area (Å²) in [5.74, 6) is 1.46. The number of nitrogens with one attached hydrogen (secondary N) is 1. The van der Waals surface area contributed by atoms with E-state index < -0.39 is 0 Å². The predicted octanol–water partition coefficient (Wildman–Crippen LogP) is 4.72. The lowest BCUT2D eigenvalue weighted by Gasteiger charge is -2.33. The van der Waals surface area contributed by atoms with Gasteiger partial charge in [0.25, 0.3) is 0 Å². The van der Waals surface area contributed by atoms with Crippen LogP contribution in [0.3, 0.4) is 0 Å². The topological polar surface area (TPSA) is 25.2 Å². The molecule has 2 nitrogen and oxygen atoms in total. The Morgan fingerprint density at radius 1 is 1.40 bits per heavy atom. The average molecular weight is 275 g/mol. The first-order valence-corrected chi connectivity index (χ1v) is 7.62. The first kappa shape index (κ1) is 13.6. The van der Waals surface area contributed by atoms with E-state index >= 15 is 0 Å². The number of rotatable bonds is 5. The van der Waals surface area contributed by atoms with Crippen LogP contribution in [0.25, 0.3) is 11.0 Å². The van der Waals surface area contributed by atoms with Gasteiger partial charge in [-0.05, 0) is 56.8 Å². The van der Waals surface area contributed by atoms with Crippen molar-refractivity contribution in [1.82, 2.24) is 5.32 Å². The van der Waals surface area contributed by atoms with Crippen LogP contribution in [0.2, 0.25) is 0 Å². The van der Waals surface area contributed by atoms with E-state index in [1.165, 1.54) is 25.3 Å². The SMILES string of the molecule is CCCNC(c1oc2ccc(F)cc2c1C)C1CCC1. The fourth-order valence-corrected chi connectivity index (χ4v) is 3.06. The Kier molecular flexibility index (Phi) is 3.79. The Morgan fingerprint density at radius 3 is 2.85 bits per heavy atom. The van der Waals surface area contributed by atoms with Gasteiger partial charge in [-0.1, -0.05) is 13.3 Å². The van der Waals surface area contributed by atoms with E-state index in [9.17, 15) is 4.39 Å². The molecule has 1 atom stereocenters. The van der Waals surface area contributed by atoms with E-state index in [4.69, 9.17) is 4.42 Å². The Balaban J connectivity index is 1.98. The highest BCUT2D eigenvalue weighted by atomic mass is 19.1. The van der Waals surface area contributed by atoms with Crippen molar-refractivity contribution in [2.24, 2.45) is 5.92 Å². The molecule has 3 heteroatoms. The fourth-order valence-electron chi connectivity index (χ4n) is 3.06. The molecule has 108 valence electrons. The van der Waals surface area contributed by atoms with E-state index in [0.717, 1.165) is 35.3 Å². The van der Waals surface area contributed by atoms with E-state index in [-0.39, 0.29) is 11.9 Å². The van der Waals surface area contributed by atoms with Gasteiger partial charge in [0.1, 0.15) is 17.2 Å². The molecule has 0 bridgehead atoms. The standard InChI is InChI=1S/C17H22FNO/c1-3-9-19-16(12-5-4-6-12)17-11(2)14-10-13(18)7-8-15(14)20-17/h7-8,10,12,16,19H,3-6,9H2,1-2H3. The summed E-state index contributed by atoms with van der Waals surface area (Å²) in [5, 5.41) is 4.52. The van der Waals surface area contributed by atoms with Crippen molar-refractivity contribution in [1.29, 1.82) is 0 Å². The van der Waals surface area contributed by atoms with Crippen LogP contribution in [0, 0.1) is 18.7 Å². The summed E-state index contributed by atoms with van der Waals surface area (Å²) >= 11 is 0. The Bertz CT molecular complexity index is 600. The maximum absolute atomic E-state index is 13.4. The molecule has 1 heterocycles. The molecule has 3 rings (SSSR count). The molecule has 2 aromatic rings. The third-order valence-electron chi connectivity index (χ3n) is 4.45. The monoisotopic (exact) mass is 275 g/mol. The molecule has 1 saturated carbocycles.